The molecular formula is C32H48O2. The van der Waals surface area contributed by atoms with E-state index in [0.717, 1.165) is 24.2 Å². The van der Waals surface area contributed by atoms with Crippen molar-refractivity contribution in [1.82, 2.24) is 0 Å². The van der Waals surface area contributed by atoms with Crippen molar-refractivity contribution in [2.45, 2.75) is 112 Å². The van der Waals surface area contributed by atoms with E-state index in [2.05, 4.69) is 40.7 Å². The van der Waals surface area contributed by atoms with Crippen LogP contribution in [0.15, 0.2) is 47.1 Å². The van der Waals surface area contributed by atoms with Gasteiger partial charge in [0, 0.05) is 22.3 Å². The molecule has 0 saturated carbocycles. The third kappa shape index (κ3) is 8.67. The molecule has 1 aromatic rings. The predicted octanol–water partition coefficient (Wildman–Crippen LogP) is 9.55. The number of allylic oxidation sites excluding steroid dienone is 4. The fraction of sp³-hybridized carbons (Fsp3) is 0.625. The fourth-order valence-electron chi connectivity index (χ4n) is 5.03. The van der Waals surface area contributed by atoms with Crippen molar-refractivity contribution in [3.8, 4) is 0 Å². The summed E-state index contributed by atoms with van der Waals surface area (Å²) < 4.78 is 0. The van der Waals surface area contributed by atoms with Crippen LogP contribution in [0.1, 0.15) is 133 Å². The summed E-state index contributed by atoms with van der Waals surface area (Å²) in [4.78, 5) is 25.6. The van der Waals surface area contributed by atoms with E-state index in [4.69, 9.17) is 0 Å². The van der Waals surface area contributed by atoms with Gasteiger partial charge in [0.15, 0.2) is 11.6 Å². The van der Waals surface area contributed by atoms with E-state index in [9.17, 15) is 9.59 Å². The topological polar surface area (TPSA) is 34.1 Å². The highest BCUT2D eigenvalue weighted by atomic mass is 16.1. The molecule has 0 spiro atoms. The Morgan fingerprint density at radius 3 is 1.85 bits per heavy atom. The van der Waals surface area contributed by atoms with E-state index in [-0.39, 0.29) is 11.6 Å². The lowest BCUT2D eigenvalue weighted by Gasteiger charge is -2.18. The van der Waals surface area contributed by atoms with Gasteiger partial charge in [-0.2, -0.15) is 0 Å². The SMILES string of the molecule is CCC(C)CCCC(C)CCCC(C)CCC/C(C)=C/CC1=C(C)C(=O)c2ccccc2C1=O. The van der Waals surface area contributed by atoms with E-state index in [1.165, 1.54) is 63.4 Å². The summed E-state index contributed by atoms with van der Waals surface area (Å²) in [6.45, 7) is 13.4. The average Bonchev–Trinajstić information content (AvgIpc) is 2.82. The minimum atomic E-state index is -0.00471. The number of hydrogen-bond acceptors (Lipinski definition) is 2. The molecule has 1 aliphatic carbocycles. The Kier molecular flexibility index (Phi) is 12.0. The lowest BCUT2D eigenvalue weighted by Crippen LogP contribution is -2.20. The number of fused-ring (bicyclic) bond motifs is 1. The van der Waals surface area contributed by atoms with Crippen LogP contribution in [-0.4, -0.2) is 11.6 Å². The van der Waals surface area contributed by atoms with Gasteiger partial charge in [0.2, 0.25) is 0 Å². The minimum absolute atomic E-state index is 0.00471. The summed E-state index contributed by atoms with van der Waals surface area (Å²) in [5.41, 5.74) is 3.69. The van der Waals surface area contributed by atoms with Crippen molar-refractivity contribution in [2.75, 3.05) is 0 Å². The number of rotatable bonds is 15. The monoisotopic (exact) mass is 464 g/mol. The van der Waals surface area contributed by atoms with Crippen molar-refractivity contribution < 1.29 is 9.59 Å². The van der Waals surface area contributed by atoms with E-state index < -0.39 is 0 Å². The normalized spacial score (nSPS) is 17.1. The molecule has 0 bridgehead atoms. The number of carbonyl (C=O) groups excluding carboxylic acids is 2. The number of ketones is 2. The van der Waals surface area contributed by atoms with Gasteiger partial charge in [-0.15, -0.1) is 0 Å². The van der Waals surface area contributed by atoms with Crippen LogP contribution >= 0.6 is 0 Å². The minimum Gasteiger partial charge on any atom is -0.289 e. The molecule has 3 atom stereocenters. The Balaban J connectivity index is 1.68. The fourth-order valence-corrected chi connectivity index (χ4v) is 5.03. The largest absolute Gasteiger partial charge is 0.289 e. The van der Waals surface area contributed by atoms with Gasteiger partial charge < -0.3 is 0 Å². The summed E-state index contributed by atoms with van der Waals surface area (Å²) in [5, 5.41) is 0. The molecule has 0 amide bonds. The van der Waals surface area contributed by atoms with Gasteiger partial charge in [0.1, 0.15) is 0 Å². The summed E-state index contributed by atoms with van der Waals surface area (Å²) >= 11 is 0. The van der Waals surface area contributed by atoms with E-state index in [1.807, 2.05) is 12.1 Å². The first-order valence-corrected chi connectivity index (χ1v) is 13.8. The lowest BCUT2D eigenvalue weighted by atomic mass is 9.83. The summed E-state index contributed by atoms with van der Waals surface area (Å²) in [6, 6.07) is 7.18. The number of benzene rings is 1. The molecule has 188 valence electrons. The molecule has 0 aromatic heterocycles. The second-order valence-electron chi connectivity index (χ2n) is 11.0. The van der Waals surface area contributed by atoms with Crippen LogP contribution in [0.4, 0.5) is 0 Å². The molecule has 0 heterocycles. The van der Waals surface area contributed by atoms with E-state index in [0.29, 0.717) is 28.7 Å². The van der Waals surface area contributed by atoms with Crippen molar-refractivity contribution in [1.29, 1.82) is 0 Å². The highest BCUT2D eigenvalue weighted by Crippen LogP contribution is 2.29. The third-order valence-electron chi connectivity index (χ3n) is 7.89. The van der Waals surface area contributed by atoms with Crippen LogP contribution < -0.4 is 0 Å². The molecule has 0 fully saturated rings. The Labute approximate surface area is 209 Å². The summed E-state index contributed by atoms with van der Waals surface area (Å²) in [7, 11) is 0. The van der Waals surface area contributed by atoms with Crippen molar-refractivity contribution in [3.05, 3.63) is 58.2 Å². The van der Waals surface area contributed by atoms with Crippen molar-refractivity contribution >= 4 is 11.6 Å². The second kappa shape index (κ2) is 14.4. The van der Waals surface area contributed by atoms with Crippen LogP contribution in [0.3, 0.4) is 0 Å². The zero-order chi connectivity index (χ0) is 25.1. The molecule has 2 nitrogen and oxygen atoms in total. The molecule has 0 N–H and O–H groups in total. The first kappa shape index (κ1) is 28.3. The van der Waals surface area contributed by atoms with Gasteiger partial charge in [0.05, 0.1) is 0 Å². The van der Waals surface area contributed by atoms with Gasteiger partial charge in [0.25, 0.3) is 0 Å². The van der Waals surface area contributed by atoms with Crippen LogP contribution in [0.25, 0.3) is 0 Å². The standard InChI is InChI=1S/C32H48O2/c1-7-23(2)13-10-14-24(3)15-11-16-25(4)17-12-18-26(5)21-22-28-27(6)31(33)29-19-8-9-20-30(29)32(28)34/h8-9,19-21,23-25H,7,10-18,22H2,1-6H3/b26-21+. The molecule has 2 rings (SSSR count). The van der Waals surface area contributed by atoms with Crippen LogP contribution in [0.5, 0.6) is 0 Å². The van der Waals surface area contributed by atoms with Gasteiger partial charge in [-0.05, 0) is 50.9 Å². The maximum Gasteiger partial charge on any atom is 0.190 e. The quantitative estimate of drug-likeness (QED) is 0.242. The highest BCUT2D eigenvalue weighted by molar-refractivity contribution is 6.26. The first-order chi connectivity index (χ1) is 16.2. The van der Waals surface area contributed by atoms with Gasteiger partial charge >= 0.3 is 0 Å². The van der Waals surface area contributed by atoms with Crippen molar-refractivity contribution in [2.24, 2.45) is 17.8 Å². The Hall–Kier alpha value is -1.96. The smallest absolute Gasteiger partial charge is 0.190 e. The molecule has 3 unspecified atom stereocenters. The van der Waals surface area contributed by atoms with Crippen LogP contribution in [0.2, 0.25) is 0 Å². The molecule has 0 radical (unpaired) electrons. The van der Waals surface area contributed by atoms with E-state index >= 15 is 0 Å². The average molecular weight is 465 g/mol. The van der Waals surface area contributed by atoms with Crippen LogP contribution in [-0.2, 0) is 0 Å². The number of hydrogen-bond donors (Lipinski definition) is 0. The molecule has 1 aromatic carbocycles. The summed E-state index contributed by atoms with van der Waals surface area (Å²) in [5.74, 6) is 2.53. The molecule has 34 heavy (non-hydrogen) atoms. The zero-order valence-corrected chi connectivity index (χ0v) is 22.7. The van der Waals surface area contributed by atoms with Gasteiger partial charge in [-0.1, -0.05) is 115 Å². The van der Waals surface area contributed by atoms with Gasteiger partial charge in [-0.25, -0.2) is 0 Å². The number of Topliss-reactive ketones (excluding diaryl/α,β-unsaturated/α-hetero) is 2. The first-order valence-electron chi connectivity index (χ1n) is 13.8. The van der Waals surface area contributed by atoms with Crippen LogP contribution in [0, 0.1) is 17.8 Å². The zero-order valence-electron chi connectivity index (χ0n) is 22.7. The Morgan fingerprint density at radius 1 is 0.794 bits per heavy atom. The third-order valence-corrected chi connectivity index (χ3v) is 7.89. The molecule has 2 heteroatoms. The lowest BCUT2D eigenvalue weighted by molar-refractivity contribution is 0.0973. The maximum atomic E-state index is 12.9. The predicted molar refractivity (Wildman–Crippen MR) is 146 cm³/mol. The van der Waals surface area contributed by atoms with Gasteiger partial charge in [-0.3, -0.25) is 9.59 Å². The molecular weight excluding hydrogens is 416 g/mol. The van der Waals surface area contributed by atoms with Crippen molar-refractivity contribution in [3.63, 3.8) is 0 Å². The molecule has 1 aliphatic rings. The highest BCUT2D eigenvalue weighted by Gasteiger charge is 2.28. The molecule has 0 saturated heterocycles. The van der Waals surface area contributed by atoms with E-state index in [1.54, 1.807) is 19.1 Å². The second-order valence-corrected chi connectivity index (χ2v) is 11.0. The number of carbonyl (C=O) groups is 2. The summed E-state index contributed by atoms with van der Waals surface area (Å²) in [6.07, 6.45) is 15.8. The molecule has 0 aliphatic heterocycles. The Morgan fingerprint density at radius 2 is 1.29 bits per heavy atom. The Bertz CT molecular complexity index is 873. The maximum absolute atomic E-state index is 12.9.